The second-order valence-electron chi connectivity index (χ2n) is 3.94. The average molecular weight is 263 g/mol. The molecule has 0 aromatic carbocycles. The molecule has 2 amide bonds. The van der Waals surface area contributed by atoms with Gasteiger partial charge < -0.3 is 31.7 Å². The third-order valence-corrected chi connectivity index (χ3v) is 2.41. The molecule has 0 spiro atoms. The molecular weight excluding hydrogens is 242 g/mol. The van der Waals surface area contributed by atoms with Crippen LogP contribution in [0.3, 0.4) is 0 Å². The van der Waals surface area contributed by atoms with Gasteiger partial charge in [0.2, 0.25) is 0 Å². The number of rotatable bonds is 9. The molecule has 0 aliphatic rings. The average Bonchev–Trinajstić information content (AvgIpc) is 2.34. The van der Waals surface area contributed by atoms with E-state index >= 15 is 0 Å². The highest BCUT2D eigenvalue weighted by molar-refractivity contribution is 5.74. The first-order valence-corrected chi connectivity index (χ1v) is 5.73. The Morgan fingerprint density at radius 3 is 2.00 bits per heavy atom. The highest BCUT2D eigenvalue weighted by atomic mass is 16.4. The van der Waals surface area contributed by atoms with Gasteiger partial charge in [0.15, 0.2) is 0 Å². The lowest BCUT2D eigenvalue weighted by Crippen LogP contribution is -2.40. The molecule has 7 N–H and O–H groups in total. The molecule has 0 fully saturated rings. The minimum absolute atomic E-state index is 0.132. The quantitative estimate of drug-likeness (QED) is 0.286. The number of aliphatic carboxylic acids is 1. The van der Waals surface area contributed by atoms with E-state index in [4.69, 9.17) is 21.1 Å². The fraction of sp³-hybridized carbons (Fsp3) is 0.800. The zero-order valence-corrected chi connectivity index (χ0v) is 10.1. The maximum absolute atomic E-state index is 11.2. The molecule has 1 atom stereocenters. The zero-order valence-electron chi connectivity index (χ0n) is 10.1. The van der Waals surface area contributed by atoms with Crippen LogP contribution in [0.2, 0.25) is 0 Å². The van der Waals surface area contributed by atoms with Crippen molar-refractivity contribution in [2.75, 3.05) is 26.3 Å². The minimum atomic E-state index is -1.11. The topological polar surface area (TPSA) is 145 Å². The summed E-state index contributed by atoms with van der Waals surface area (Å²) in [7, 11) is 0. The first kappa shape index (κ1) is 16.6. The van der Waals surface area contributed by atoms with Crippen LogP contribution in [0.1, 0.15) is 12.8 Å². The Kier molecular flexibility index (Phi) is 8.89. The van der Waals surface area contributed by atoms with Crippen LogP contribution in [0.15, 0.2) is 0 Å². The zero-order chi connectivity index (χ0) is 14.0. The van der Waals surface area contributed by atoms with Crippen molar-refractivity contribution in [1.29, 1.82) is 0 Å². The Morgan fingerprint density at radius 2 is 1.56 bits per heavy atom. The van der Waals surface area contributed by atoms with Gasteiger partial charge in [-0.05, 0) is 12.8 Å². The largest absolute Gasteiger partial charge is 0.480 e. The summed E-state index contributed by atoms with van der Waals surface area (Å²) in [6, 6.07) is -1.42. The van der Waals surface area contributed by atoms with Crippen molar-refractivity contribution in [3.8, 4) is 0 Å². The Morgan fingerprint density at radius 1 is 1.06 bits per heavy atom. The molecule has 18 heavy (non-hydrogen) atoms. The Bertz CT molecular complexity index is 258. The fourth-order valence-electron chi connectivity index (χ4n) is 1.16. The minimum Gasteiger partial charge on any atom is -0.480 e. The summed E-state index contributed by atoms with van der Waals surface area (Å²) in [5.41, 5.74) is 5.25. The van der Waals surface area contributed by atoms with Crippen molar-refractivity contribution in [2.24, 2.45) is 11.7 Å². The summed E-state index contributed by atoms with van der Waals surface area (Å²) in [6.07, 6.45) is 0.619. The van der Waals surface area contributed by atoms with E-state index in [0.29, 0.717) is 13.0 Å². The van der Waals surface area contributed by atoms with Crippen molar-refractivity contribution in [3.05, 3.63) is 0 Å². The van der Waals surface area contributed by atoms with E-state index in [-0.39, 0.29) is 32.1 Å². The number of aliphatic hydroxyl groups excluding tert-OH is 2. The molecular formula is C10H21N3O5. The van der Waals surface area contributed by atoms with Crippen molar-refractivity contribution in [3.63, 3.8) is 0 Å². The normalized spacial score (nSPS) is 12.2. The molecule has 0 aliphatic carbocycles. The molecule has 0 aromatic rings. The van der Waals surface area contributed by atoms with Crippen LogP contribution in [-0.2, 0) is 4.79 Å². The number of nitrogens with one attached hydrogen (secondary N) is 2. The number of urea groups is 1. The maximum Gasteiger partial charge on any atom is 0.320 e. The molecule has 0 aromatic heterocycles. The Hall–Kier alpha value is -1.38. The molecule has 8 nitrogen and oxygen atoms in total. The predicted octanol–water partition coefficient (Wildman–Crippen LogP) is -1.92. The van der Waals surface area contributed by atoms with E-state index in [1.54, 1.807) is 0 Å². The van der Waals surface area contributed by atoms with E-state index in [1.807, 2.05) is 0 Å². The van der Waals surface area contributed by atoms with Gasteiger partial charge in [-0.2, -0.15) is 0 Å². The van der Waals surface area contributed by atoms with Crippen molar-refractivity contribution in [1.82, 2.24) is 10.6 Å². The molecule has 106 valence electrons. The van der Waals surface area contributed by atoms with Crippen LogP contribution >= 0.6 is 0 Å². The molecule has 0 bridgehead atoms. The smallest absolute Gasteiger partial charge is 0.320 e. The molecule has 0 saturated heterocycles. The molecule has 8 heteroatoms. The maximum atomic E-state index is 11.2. The summed E-state index contributed by atoms with van der Waals surface area (Å²) in [5, 5.41) is 31.1. The van der Waals surface area contributed by atoms with Gasteiger partial charge in [0.25, 0.3) is 0 Å². The standard InChI is InChI=1S/C10H21N3O5/c11-8(9(16)17)2-4-13-10(18)12-3-1-7(5-14)6-15/h7-8,14-15H,1-6,11H2,(H,16,17)(H2,12,13,18)/t8-/m0/s1. The fourth-order valence-corrected chi connectivity index (χ4v) is 1.16. The van der Waals surface area contributed by atoms with Gasteiger partial charge in [0.1, 0.15) is 6.04 Å². The number of nitrogens with two attached hydrogens (primary N) is 1. The van der Waals surface area contributed by atoms with Gasteiger partial charge >= 0.3 is 12.0 Å². The molecule has 0 unspecified atom stereocenters. The number of carbonyl (C=O) groups excluding carboxylic acids is 1. The molecule has 0 saturated carbocycles. The highest BCUT2D eigenvalue weighted by Gasteiger charge is 2.11. The number of amides is 2. The van der Waals surface area contributed by atoms with Crippen LogP contribution < -0.4 is 16.4 Å². The highest BCUT2D eigenvalue weighted by Crippen LogP contribution is 1.98. The molecule has 0 rings (SSSR count). The summed E-state index contributed by atoms with van der Waals surface area (Å²) in [4.78, 5) is 21.6. The lowest BCUT2D eigenvalue weighted by molar-refractivity contribution is -0.138. The summed E-state index contributed by atoms with van der Waals surface area (Å²) in [6.45, 7) is 0.228. The second-order valence-corrected chi connectivity index (χ2v) is 3.94. The van der Waals surface area contributed by atoms with E-state index in [0.717, 1.165) is 0 Å². The summed E-state index contributed by atoms with van der Waals surface area (Å²) >= 11 is 0. The molecule has 0 heterocycles. The van der Waals surface area contributed by atoms with Gasteiger partial charge in [-0.15, -0.1) is 0 Å². The SMILES string of the molecule is N[C@@H](CCNC(=O)NCCC(CO)CO)C(=O)O. The first-order valence-electron chi connectivity index (χ1n) is 5.73. The van der Waals surface area contributed by atoms with E-state index < -0.39 is 18.0 Å². The van der Waals surface area contributed by atoms with Crippen molar-refractivity contribution < 1.29 is 24.9 Å². The third kappa shape index (κ3) is 7.82. The van der Waals surface area contributed by atoms with E-state index in [1.165, 1.54) is 0 Å². The number of hydrogen-bond donors (Lipinski definition) is 6. The summed E-state index contributed by atoms with van der Waals surface area (Å²) < 4.78 is 0. The monoisotopic (exact) mass is 263 g/mol. The number of carboxylic acids is 1. The van der Waals surface area contributed by atoms with Gasteiger partial charge in [-0.3, -0.25) is 4.79 Å². The van der Waals surface area contributed by atoms with Gasteiger partial charge in [-0.25, -0.2) is 4.79 Å². The van der Waals surface area contributed by atoms with Crippen LogP contribution in [0.25, 0.3) is 0 Å². The number of hydrogen-bond acceptors (Lipinski definition) is 5. The van der Waals surface area contributed by atoms with E-state index in [9.17, 15) is 9.59 Å². The van der Waals surface area contributed by atoms with E-state index in [2.05, 4.69) is 10.6 Å². The van der Waals surface area contributed by atoms with Crippen molar-refractivity contribution in [2.45, 2.75) is 18.9 Å². The lowest BCUT2D eigenvalue weighted by atomic mass is 10.1. The van der Waals surface area contributed by atoms with Crippen molar-refractivity contribution >= 4 is 12.0 Å². The summed E-state index contributed by atoms with van der Waals surface area (Å²) in [5.74, 6) is -1.35. The Labute approximate surface area is 105 Å². The Balaban J connectivity index is 3.57. The van der Waals surface area contributed by atoms with Crippen LogP contribution in [-0.4, -0.2) is 59.7 Å². The number of aliphatic hydroxyl groups is 2. The van der Waals surface area contributed by atoms with Crippen LogP contribution in [0.4, 0.5) is 4.79 Å². The first-order chi connectivity index (χ1) is 8.51. The van der Waals surface area contributed by atoms with Gasteiger partial charge in [0, 0.05) is 32.2 Å². The number of carboxylic acid groups (broad SMARTS) is 1. The third-order valence-electron chi connectivity index (χ3n) is 2.41. The number of carbonyl (C=O) groups is 2. The van der Waals surface area contributed by atoms with Crippen LogP contribution in [0.5, 0.6) is 0 Å². The lowest BCUT2D eigenvalue weighted by Gasteiger charge is -2.12. The second kappa shape index (κ2) is 9.63. The van der Waals surface area contributed by atoms with Gasteiger partial charge in [-0.1, -0.05) is 0 Å². The molecule has 0 aliphatic heterocycles. The van der Waals surface area contributed by atoms with Gasteiger partial charge in [0.05, 0.1) is 0 Å². The molecule has 0 radical (unpaired) electrons. The predicted molar refractivity (Wildman–Crippen MR) is 63.9 cm³/mol. The van der Waals surface area contributed by atoms with Crippen LogP contribution in [0, 0.1) is 5.92 Å².